The number of hydrogen-bond donors (Lipinski definition) is 2. The molecule has 0 bridgehead atoms. The van der Waals surface area contributed by atoms with Gasteiger partial charge in [-0.15, -0.1) is 0 Å². The molecule has 4 aliphatic rings. The smallest absolute Gasteiger partial charge is 0.133 e. The Balaban J connectivity index is 1.63. The molecule has 0 heterocycles. The molecule has 0 aromatic rings. The van der Waals surface area contributed by atoms with Gasteiger partial charge in [0.1, 0.15) is 5.78 Å². The van der Waals surface area contributed by atoms with E-state index in [4.69, 9.17) is 0 Å². The third-order valence-corrected chi connectivity index (χ3v) is 9.14. The van der Waals surface area contributed by atoms with Crippen molar-refractivity contribution in [2.75, 3.05) is 6.61 Å². The zero-order chi connectivity index (χ0) is 17.1. The molecule has 0 amide bonds. The molecule has 0 saturated heterocycles. The number of ketones is 1. The first-order valence-electron chi connectivity index (χ1n) is 10.2. The fraction of sp³-hybridized carbons (Fsp3) is 0.952. The summed E-state index contributed by atoms with van der Waals surface area (Å²) in [5.74, 6) is 3.34. The average Bonchev–Trinajstić information content (AvgIpc) is 2.95. The Labute approximate surface area is 146 Å². The summed E-state index contributed by atoms with van der Waals surface area (Å²) in [5, 5.41) is 20.6. The number of carbonyl (C=O) groups excluding carboxylic acids is 1. The molecule has 2 N–H and O–H groups in total. The van der Waals surface area contributed by atoms with Crippen LogP contribution in [0.25, 0.3) is 0 Å². The SMILES string of the molecule is CC(O)[C@H]1CC[C@H]2[C@@H]3CCC4CC(=O)CC[C@]4(C)[C@H]3CC[C@]12CO. The van der Waals surface area contributed by atoms with Crippen LogP contribution in [0.4, 0.5) is 0 Å². The quantitative estimate of drug-likeness (QED) is 0.812. The Kier molecular flexibility index (Phi) is 4.12. The topological polar surface area (TPSA) is 57.5 Å². The maximum atomic E-state index is 12.0. The summed E-state index contributed by atoms with van der Waals surface area (Å²) >= 11 is 0. The summed E-state index contributed by atoms with van der Waals surface area (Å²) in [4.78, 5) is 12.0. The van der Waals surface area contributed by atoms with Gasteiger partial charge in [0, 0.05) is 24.9 Å². The molecular formula is C21H34O3. The second-order valence-electron chi connectivity index (χ2n) is 9.75. The predicted octanol–water partition coefficient (Wildman–Crippen LogP) is 3.57. The lowest BCUT2D eigenvalue weighted by Gasteiger charge is -2.60. The van der Waals surface area contributed by atoms with Gasteiger partial charge < -0.3 is 10.2 Å². The molecule has 8 atom stereocenters. The van der Waals surface area contributed by atoms with E-state index in [1.165, 1.54) is 25.7 Å². The summed E-state index contributed by atoms with van der Waals surface area (Å²) in [7, 11) is 0. The third-order valence-electron chi connectivity index (χ3n) is 9.14. The average molecular weight is 335 g/mol. The van der Waals surface area contributed by atoms with E-state index in [2.05, 4.69) is 6.92 Å². The summed E-state index contributed by atoms with van der Waals surface area (Å²) < 4.78 is 0. The number of aliphatic hydroxyl groups excluding tert-OH is 2. The molecule has 0 radical (unpaired) electrons. The molecule has 0 aromatic heterocycles. The molecule has 3 heteroatoms. The van der Waals surface area contributed by atoms with E-state index in [9.17, 15) is 15.0 Å². The van der Waals surface area contributed by atoms with Crippen molar-refractivity contribution in [3.63, 3.8) is 0 Å². The van der Waals surface area contributed by atoms with E-state index in [0.717, 1.165) is 38.0 Å². The Hall–Kier alpha value is -0.410. The van der Waals surface area contributed by atoms with E-state index < -0.39 is 0 Å². The molecule has 4 saturated carbocycles. The summed E-state index contributed by atoms with van der Waals surface area (Å²) in [6.07, 6.45) is 9.30. The van der Waals surface area contributed by atoms with Gasteiger partial charge in [-0.1, -0.05) is 6.92 Å². The van der Waals surface area contributed by atoms with Crippen LogP contribution in [0.15, 0.2) is 0 Å². The van der Waals surface area contributed by atoms with Gasteiger partial charge in [0.05, 0.1) is 6.10 Å². The molecule has 4 aliphatic carbocycles. The second kappa shape index (κ2) is 5.81. The number of carbonyl (C=O) groups is 1. The Morgan fingerprint density at radius 3 is 2.62 bits per heavy atom. The number of rotatable bonds is 2. The largest absolute Gasteiger partial charge is 0.396 e. The van der Waals surface area contributed by atoms with Crippen LogP contribution in [0.5, 0.6) is 0 Å². The van der Waals surface area contributed by atoms with Gasteiger partial charge in [-0.05, 0) is 86.9 Å². The molecule has 24 heavy (non-hydrogen) atoms. The van der Waals surface area contributed by atoms with Crippen LogP contribution in [-0.4, -0.2) is 28.7 Å². The van der Waals surface area contributed by atoms with Crippen molar-refractivity contribution in [1.82, 2.24) is 0 Å². The van der Waals surface area contributed by atoms with Crippen LogP contribution in [0.2, 0.25) is 0 Å². The normalized spacial score (nSPS) is 52.3. The molecule has 4 fully saturated rings. The van der Waals surface area contributed by atoms with E-state index >= 15 is 0 Å². The highest BCUT2D eigenvalue weighted by Gasteiger charge is 2.62. The van der Waals surface area contributed by atoms with Crippen LogP contribution < -0.4 is 0 Å². The first kappa shape index (κ1) is 17.0. The molecule has 0 aromatic carbocycles. The molecule has 3 nitrogen and oxygen atoms in total. The lowest BCUT2D eigenvalue weighted by Crippen LogP contribution is -2.55. The van der Waals surface area contributed by atoms with E-state index in [-0.39, 0.29) is 24.0 Å². The van der Waals surface area contributed by atoms with Crippen LogP contribution in [0.1, 0.15) is 71.6 Å². The lowest BCUT2D eigenvalue weighted by atomic mass is 9.44. The zero-order valence-corrected chi connectivity index (χ0v) is 15.3. The molecule has 2 unspecified atom stereocenters. The summed E-state index contributed by atoms with van der Waals surface area (Å²) in [5.41, 5.74) is 0.296. The summed E-state index contributed by atoms with van der Waals surface area (Å²) in [6.45, 7) is 4.63. The van der Waals surface area contributed by atoms with Crippen molar-refractivity contribution in [3.8, 4) is 0 Å². The van der Waals surface area contributed by atoms with Crippen molar-refractivity contribution in [3.05, 3.63) is 0 Å². The fourth-order valence-corrected chi connectivity index (χ4v) is 7.93. The third kappa shape index (κ3) is 2.19. The van der Waals surface area contributed by atoms with Crippen molar-refractivity contribution in [1.29, 1.82) is 0 Å². The highest BCUT2D eigenvalue weighted by Crippen LogP contribution is 2.67. The van der Waals surface area contributed by atoms with E-state index in [1.54, 1.807) is 0 Å². The second-order valence-corrected chi connectivity index (χ2v) is 9.75. The van der Waals surface area contributed by atoms with Crippen molar-refractivity contribution < 1.29 is 15.0 Å². The Morgan fingerprint density at radius 1 is 1.12 bits per heavy atom. The minimum atomic E-state index is -0.307. The lowest BCUT2D eigenvalue weighted by molar-refractivity contribution is -0.148. The Bertz CT molecular complexity index is 515. The monoisotopic (exact) mass is 334 g/mol. The van der Waals surface area contributed by atoms with Gasteiger partial charge in [-0.3, -0.25) is 4.79 Å². The van der Waals surface area contributed by atoms with Gasteiger partial charge in [0.2, 0.25) is 0 Å². The molecule has 136 valence electrons. The fourth-order valence-electron chi connectivity index (χ4n) is 7.93. The highest BCUT2D eigenvalue weighted by atomic mass is 16.3. The highest BCUT2D eigenvalue weighted by molar-refractivity contribution is 5.79. The van der Waals surface area contributed by atoms with Crippen molar-refractivity contribution in [2.45, 2.75) is 77.7 Å². The molecule has 4 rings (SSSR count). The summed E-state index contributed by atoms with van der Waals surface area (Å²) in [6, 6.07) is 0. The molecule has 0 aliphatic heterocycles. The van der Waals surface area contributed by atoms with Gasteiger partial charge in [-0.2, -0.15) is 0 Å². The van der Waals surface area contributed by atoms with Crippen LogP contribution in [-0.2, 0) is 4.79 Å². The van der Waals surface area contributed by atoms with Crippen LogP contribution in [0.3, 0.4) is 0 Å². The maximum Gasteiger partial charge on any atom is 0.133 e. The minimum absolute atomic E-state index is 0.0387. The number of Topliss-reactive ketones (excluding diaryl/α,β-unsaturated/α-hetero) is 1. The first-order valence-corrected chi connectivity index (χ1v) is 10.2. The minimum Gasteiger partial charge on any atom is -0.396 e. The van der Waals surface area contributed by atoms with Crippen molar-refractivity contribution >= 4 is 5.78 Å². The van der Waals surface area contributed by atoms with Gasteiger partial charge >= 0.3 is 0 Å². The van der Waals surface area contributed by atoms with E-state index in [1.807, 2.05) is 6.92 Å². The number of aliphatic hydroxyl groups is 2. The number of fused-ring (bicyclic) bond motifs is 5. The van der Waals surface area contributed by atoms with Gasteiger partial charge in [0.25, 0.3) is 0 Å². The molecular weight excluding hydrogens is 300 g/mol. The van der Waals surface area contributed by atoms with Gasteiger partial charge in [-0.25, -0.2) is 0 Å². The standard InChI is InChI=1S/C21H34O3/c1-13(23)17-5-6-19-16-4-3-14-11-15(24)7-9-20(14,2)18(16)8-10-21(17,19)12-22/h13-14,16-19,22-23H,3-12H2,1-2H3/t13?,14?,16-,17-,18+,19+,20+,21+/m1/s1. The van der Waals surface area contributed by atoms with Crippen LogP contribution >= 0.6 is 0 Å². The van der Waals surface area contributed by atoms with E-state index in [0.29, 0.717) is 29.0 Å². The Morgan fingerprint density at radius 2 is 1.92 bits per heavy atom. The zero-order valence-electron chi connectivity index (χ0n) is 15.3. The number of hydrogen-bond acceptors (Lipinski definition) is 3. The van der Waals surface area contributed by atoms with Crippen LogP contribution in [0, 0.1) is 40.4 Å². The van der Waals surface area contributed by atoms with Crippen molar-refractivity contribution in [2.24, 2.45) is 40.4 Å². The first-order chi connectivity index (χ1) is 11.4. The maximum absolute atomic E-state index is 12.0. The molecule has 0 spiro atoms. The van der Waals surface area contributed by atoms with Gasteiger partial charge in [0.15, 0.2) is 0 Å². The predicted molar refractivity (Wildman–Crippen MR) is 93.3 cm³/mol.